The molecule has 3 rings (SSSR count). The van der Waals surface area contributed by atoms with Crippen LogP contribution in [0.4, 0.5) is 0 Å². The minimum atomic E-state index is 0. The van der Waals surface area contributed by atoms with Crippen LogP contribution in [0.1, 0.15) is 43.7 Å². The largest absolute Gasteiger partial charge is 0.324 e. The van der Waals surface area contributed by atoms with Gasteiger partial charge in [0, 0.05) is 6.04 Å². The van der Waals surface area contributed by atoms with Gasteiger partial charge in [-0.25, -0.2) is 0 Å². The first-order valence-corrected chi connectivity index (χ1v) is 7.09. The van der Waals surface area contributed by atoms with Crippen molar-refractivity contribution in [2.45, 2.75) is 38.1 Å². The molecule has 2 heteroatoms. The third kappa shape index (κ3) is 3.10. The van der Waals surface area contributed by atoms with Crippen LogP contribution in [-0.4, -0.2) is 0 Å². The number of benzene rings is 2. The second-order valence-electron chi connectivity index (χ2n) is 5.53. The van der Waals surface area contributed by atoms with Gasteiger partial charge < -0.3 is 5.73 Å². The van der Waals surface area contributed by atoms with Gasteiger partial charge in [0.2, 0.25) is 0 Å². The summed E-state index contributed by atoms with van der Waals surface area (Å²) in [6.45, 7) is 0. The van der Waals surface area contributed by atoms with E-state index in [0.717, 1.165) is 0 Å². The third-order valence-electron chi connectivity index (χ3n) is 4.32. The standard InChI is InChI=1S/C17H21N.ClH/c18-17(14-7-2-1-3-8-14)16-11-10-13-6-4-5-9-15(13)12-16;/h4-6,9-12,14,17H,1-3,7-8,18H2;1H/t17-;/m0./s1. The molecular weight excluding hydrogens is 254 g/mol. The van der Waals surface area contributed by atoms with Crippen molar-refractivity contribution >= 4 is 23.2 Å². The van der Waals surface area contributed by atoms with Gasteiger partial charge >= 0.3 is 0 Å². The predicted molar refractivity (Wildman–Crippen MR) is 84.7 cm³/mol. The molecule has 0 aromatic heterocycles. The first-order valence-electron chi connectivity index (χ1n) is 7.09. The lowest BCUT2D eigenvalue weighted by Crippen LogP contribution is -2.23. The monoisotopic (exact) mass is 275 g/mol. The van der Waals surface area contributed by atoms with Gasteiger partial charge in [-0.1, -0.05) is 55.7 Å². The Morgan fingerprint density at radius 2 is 1.58 bits per heavy atom. The van der Waals surface area contributed by atoms with E-state index in [0.29, 0.717) is 5.92 Å². The van der Waals surface area contributed by atoms with Gasteiger partial charge in [0.05, 0.1) is 0 Å². The van der Waals surface area contributed by atoms with E-state index in [1.54, 1.807) is 0 Å². The Kier molecular flexibility index (Phi) is 4.84. The van der Waals surface area contributed by atoms with Crippen molar-refractivity contribution in [2.24, 2.45) is 11.7 Å². The summed E-state index contributed by atoms with van der Waals surface area (Å²) in [5.74, 6) is 0.680. The zero-order valence-corrected chi connectivity index (χ0v) is 12.0. The van der Waals surface area contributed by atoms with Crippen molar-refractivity contribution in [1.82, 2.24) is 0 Å². The summed E-state index contributed by atoms with van der Waals surface area (Å²) >= 11 is 0. The summed E-state index contributed by atoms with van der Waals surface area (Å²) in [4.78, 5) is 0. The molecule has 102 valence electrons. The molecule has 1 nitrogen and oxygen atoms in total. The maximum Gasteiger partial charge on any atom is 0.0323 e. The minimum Gasteiger partial charge on any atom is -0.324 e. The predicted octanol–water partition coefficient (Wildman–Crippen LogP) is 4.84. The number of rotatable bonds is 2. The normalized spacial score (nSPS) is 17.9. The van der Waals surface area contributed by atoms with E-state index in [2.05, 4.69) is 42.5 Å². The lowest BCUT2D eigenvalue weighted by atomic mass is 9.81. The van der Waals surface area contributed by atoms with Crippen LogP contribution in [-0.2, 0) is 0 Å². The lowest BCUT2D eigenvalue weighted by molar-refractivity contribution is 0.308. The first kappa shape index (κ1) is 14.4. The molecular formula is C17H22ClN. The third-order valence-corrected chi connectivity index (χ3v) is 4.32. The summed E-state index contributed by atoms with van der Waals surface area (Å²) in [5.41, 5.74) is 7.77. The molecule has 0 unspecified atom stereocenters. The minimum absolute atomic E-state index is 0. The second-order valence-corrected chi connectivity index (χ2v) is 5.53. The average Bonchev–Trinajstić information content (AvgIpc) is 2.47. The van der Waals surface area contributed by atoms with E-state index < -0.39 is 0 Å². The molecule has 2 aromatic rings. The Balaban J connectivity index is 0.00000133. The van der Waals surface area contributed by atoms with Gasteiger partial charge in [-0.05, 0) is 41.2 Å². The molecule has 1 saturated carbocycles. The lowest BCUT2D eigenvalue weighted by Gasteiger charge is -2.28. The molecule has 0 heterocycles. The maximum atomic E-state index is 6.46. The highest BCUT2D eigenvalue weighted by molar-refractivity contribution is 5.85. The van der Waals surface area contributed by atoms with E-state index >= 15 is 0 Å². The zero-order chi connectivity index (χ0) is 12.4. The molecule has 0 saturated heterocycles. The molecule has 0 bridgehead atoms. The van der Waals surface area contributed by atoms with Crippen molar-refractivity contribution in [3.05, 3.63) is 48.0 Å². The number of hydrogen-bond acceptors (Lipinski definition) is 1. The summed E-state index contributed by atoms with van der Waals surface area (Å²) in [6, 6.07) is 15.4. The van der Waals surface area contributed by atoms with E-state index in [1.807, 2.05) is 0 Å². The van der Waals surface area contributed by atoms with E-state index in [1.165, 1.54) is 48.4 Å². The molecule has 1 atom stereocenters. The fourth-order valence-electron chi connectivity index (χ4n) is 3.18. The van der Waals surface area contributed by atoms with Gasteiger partial charge in [0.1, 0.15) is 0 Å². The molecule has 0 spiro atoms. The maximum absolute atomic E-state index is 6.46. The topological polar surface area (TPSA) is 26.0 Å². The van der Waals surface area contributed by atoms with Crippen LogP contribution < -0.4 is 5.73 Å². The number of fused-ring (bicyclic) bond motifs is 1. The number of nitrogens with two attached hydrogens (primary N) is 1. The zero-order valence-electron chi connectivity index (χ0n) is 11.2. The van der Waals surface area contributed by atoms with Gasteiger partial charge in [0.25, 0.3) is 0 Å². The van der Waals surface area contributed by atoms with Crippen LogP contribution in [0, 0.1) is 5.92 Å². The highest BCUT2D eigenvalue weighted by Gasteiger charge is 2.21. The van der Waals surface area contributed by atoms with Gasteiger partial charge in [-0.2, -0.15) is 0 Å². The Bertz CT molecular complexity index is 532. The van der Waals surface area contributed by atoms with Crippen molar-refractivity contribution in [3.8, 4) is 0 Å². The summed E-state index contributed by atoms with van der Waals surface area (Å²) < 4.78 is 0. The van der Waals surface area contributed by atoms with Crippen LogP contribution in [0.25, 0.3) is 10.8 Å². The van der Waals surface area contributed by atoms with E-state index in [-0.39, 0.29) is 18.4 Å². The Morgan fingerprint density at radius 1 is 0.895 bits per heavy atom. The first-order chi connectivity index (χ1) is 8.84. The Morgan fingerprint density at radius 3 is 2.32 bits per heavy atom. The molecule has 1 aliphatic carbocycles. The molecule has 1 fully saturated rings. The molecule has 0 radical (unpaired) electrons. The summed E-state index contributed by atoms with van der Waals surface area (Å²) in [5, 5.41) is 2.61. The summed E-state index contributed by atoms with van der Waals surface area (Å²) in [6.07, 6.45) is 6.70. The number of halogens is 1. The molecule has 2 N–H and O–H groups in total. The van der Waals surface area contributed by atoms with Crippen molar-refractivity contribution < 1.29 is 0 Å². The van der Waals surface area contributed by atoms with Crippen molar-refractivity contribution in [3.63, 3.8) is 0 Å². The Hall–Kier alpha value is -1.05. The van der Waals surface area contributed by atoms with E-state index in [4.69, 9.17) is 5.73 Å². The van der Waals surface area contributed by atoms with Gasteiger partial charge in [-0.3, -0.25) is 0 Å². The molecule has 19 heavy (non-hydrogen) atoms. The van der Waals surface area contributed by atoms with Gasteiger partial charge in [0.15, 0.2) is 0 Å². The van der Waals surface area contributed by atoms with Crippen LogP contribution >= 0.6 is 12.4 Å². The van der Waals surface area contributed by atoms with Crippen molar-refractivity contribution in [1.29, 1.82) is 0 Å². The molecule has 2 aromatic carbocycles. The van der Waals surface area contributed by atoms with Gasteiger partial charge in [-0.15, -0.1) is 12.4 Å². The second kappa shape index (κ2) is 6.40. The van der Waals surface area contributed by atoms with Crippen LogP contribution in [0.2, 0.25) is 0 Å². The van der Waals surface area contributed by atoms with E-state index in [9.17, 15) is 0 Å². The van der Waals surface area contributed by atoms with Crippen molar-refractivity contribution in [2.75, 3.05) is 0 Å². The fraction of sp³-hybridized carbons (Fsp3) is 0.412. The summed E-state index contributed by atoms with van der Waals surface area (Å²) in [7, 11) is 0. The number of hydrogen-bond donors (Lipinski definition) is 1. The smallest absolute Gasteiger partial charge is 0.0323 e. The highest BCUT2D eigenvalue weighted by atomic mass is 35.5. The fourth-order valence-corrected chi connectivity index (χ4v) is 3.18. The van der Waals surface area contributed by atoms with Crippen LogP contribution in [0.3, 0.4) is 0 Å². The molecule has 0 amide bonds. The average molecular weight is 276 g/mol. The van der Waals surface area contributed by atoms with Crippen LogP contribution in [0.5, 0.6) is 0 Å². The quantitative estimate of drug-likeness (QED) is 0.834. The highest BCUT2D eigenvalue weighted by Crippen LogP contribution is 2.33. The molecule has 0 aliphatic heterocycles. The Labute approximate surface area is 121 Å². The SMILES string of the molecule is Cl.N[C@H](c1ccc2ccccc2c1)C1CCCCC1. The molecule has 1 aliphatic rings. The van der Waals surface area contributed by atoms with Crippen LogP contribution in [0.15, 0.2) is 42.5 Å².